The van der Waals surface area contributed by atoms with Crippen molar-refractivity contribution in [1.29, 1.82) is 0 Å². The van der Waals surface area contributed by atoms with Crippen LogP contribution in [0.5, 0.6) is 5.75 Å². The van der Waals surface area contributed by atoms with Crippen molar-refractivity contribution in [1.82, 2.24) is 0 Å². The predicted octanol–water partition coefficient (Wildman–Crippen LogP) is 4.95. The third kappa shape index (κ3) is 5.65. The van der Waals surface area contributed by atoms with E-state index < -0.39 is 4.92 Å². The van der Waals surface area contributed by atoms with E-state index in [4.69, 9.17) is 4.74 Å². The normalized spacial score (nSPS) is 10.4. The quantitative estimate of drug-likeness (QED) is 0.308. The summed E-state index contributed by atoms with van der Waals surface area (Å²) in [6.45, 7) is 0.379. The molecule has 6 nitrogen and oxygen atoms in total. The van der Waals surface area contributed by atoms with Crippen LogP contribution in [0.2, 0.25) is 0 Å². The number of rotatable bonds is 8. The third-order valence-corrected chi connectivity index (χ3v) is 4.49. The highest BCUT2D eigenvalue weighted by Crippen LogP contribution is 2.25. The number of hydrogen-bond donors (Lipinski definition) is 0. The summed E-state index contributed by atoms with van der Waals surface area (Å²) in [6.07, 6.45) is 0.972. The molecule has 0 atom stereocenters. The zero-order valence-corrected chi connectivity index (χ0v) is 16.0. The first-order valence-electron chi connectivity index (χ1n) is 9.17. The Morgan fingerprint density at radius 2 is 1.62 bits per heavy atom. The fraction of sp³-hybridized carbons (Fsp3) is 0.174. The lowest BCUT2D eigenvalue weighted by molar-refractivity contribution is -0.384. The maximum Gasteiger partial charge on any atom is 0.305 e. The van der Waals surface area contributed by atoms with Gasteiger partial charge in [0, 0.05) is 18.6 Å². The summed E-state index contributed by atoms with van der Waals surface area (Å²) in [4.78, 5) is 21.8. The highest BCUT2D eigenvalue weighted by Gasteiger charge is 2.08. The Morgan fingerprint density at radius 1 is 0.931 bits per heavy atom. The van der Waals surface area contributed by atoms with E-state index in [1.165, 1.54) is 13.2 Å². The molecule has 0 saturated heterocycles. The van der Waals surface area contributed by atoms with Gasteiger partial charge in [-0.05, 0) is 46.9 Å². The van der Waals surface area contributed by atoms with Crippen molar-refractivity contribution in [2.24, 2.45) is 0 Å². The van der Waals surface area contributed by atoms with E-state index in [-0.39, 0.29) is 11.7 Å². The molecule has 0 aromatic heterocycles. The molecule has 0 amide bonds. The molecule has 29 heavy (non-hydrogen) atoms. The van der Waals surface area contributed by atoms with Crippen molar-refractivity contribution in [3.05, 3.63) is 94.0 Å². The van der Waals surface area contributed by atoms with E-state index in [2.05, 4.69) is 4.74 Å². The molecule has 148 valence electrons. The number of aryl methyl sites for hydroxylation is 1. The van der Waals surface area contributed by atoms with Crippen LogP contribution >= 0.6 is 0 Å². The molecule has 3 rings (SSSR count). The second-order valence-corrected chi connectivity index (χ2v) is 6.52. The molecule has 0 N–H and O–H groups in total. The number of non-ortho nitro benzene ring substituents is 1. The summed E-state index contributed by atoms with van der Waals surface area (Å²) in [5.41, 5.74) is 3.75. The SMILES string of the molecule is COC(=O)CCc1ccc(OCc2cccc(-c3cccc([N+](=O)[O-])c3)c2)cc1. The Labute approximate surface area is 168 Å². The van der Waals surface area contributed by atoms with Gasteiger partial charge in [-0.15, -0.1) is 0 Å². The number of hydrogen-bond acceptors (Lipinski definition) is 5. The number of carbonyl (C=O) groups is 1. The van der Waals surface area contributed by atoms with Gasteiger partial charge in [0.15, 0.2) is 0 Å². The number of ether oxygens (including phenoxy) is 2. The zero-order chi connectivity index (χ0) is 20.6. The Balaban J connectivity index is 1.63. The number of methoxy groups -OCH3 is 1. The van der Waals surface area contributed by atoms with Gasteiger partial charge in [-0.1, -0.05) is 42.5 Å². The van der Waals surface area contributed by atoms with Gasteiger partial charge < -0.3 is 9.47 Å². The molecule has 3 aromatic carbocycles. The lowest BCUT2D eigenvalue weighted by Gasteiger charge is -2.09. The zero-order valence-electron chi connectivity index (χ0n) is 16.0. The molecule has 0 saturated carbocycles. The van der Waals surface area contributed by atoms with Gasteiger partial charge >= 0.3 is 5.97 Å². The van der Waals surface area contributed by atoms with Gasteiger partial charge in [0.2, 0.25) is 0 Å². The van der Waals surface area contributed by atoms with Crippen molar-refractivity contribution in [2.45, 2.75) is 19.4 Å². The van der Waals surface area contributed by atoms with Crippen molar-refractivity contribution in [3.8, 4) is 16.9 Å². The summed E-state index contributed by atoms with van der Waals surface area (Å²) in [6, 6.07) is 21.9. The molecule has 3 aromatic rings. The van der Waals surface area contributed by atoms with Crippen molar-refractivity contribution < 1.29 is 19.2 Å². The van der Waals surface area contributed by atoms with Crippen LogP contribution in [0.1, 0.15) is 17.5 Å². The molecule has 0 heterocycles. The number of carbonyl (C=O) groups excluding carboxylic acids is 1. The van der Waals surface area contributed by atoms with Gasteiger partial charge in [0.25, 0.3) is 5.69 Å². The standard InChI is InChI=1S/C23H21NO5/c1-28-23(25)13-10-17-8-11-22(12-9-17)29-16-18-4-2-5-19(14-18)20-6-3-7-21(15-20)24(26)27/h2-9,11-12,14-15H,10,13,16H2,1H3. The minimum atomic E-state index is -0.398. The topological polar surface area (TPSA) is 78.7 Å². The maximum absolute atomic E-state index is 11.2. The van der Waals surface area contributed by atoms with Gasteiger partial charge in [-0.3, -0.25) is 14.9 Å². The summed E-state index contributed by atoms with van der Waals surface area (Å²) in [7, 11) is 1.38. The second-order valence-electron chi connectivity index (χ2n) is 6.52. The fourth-order valence-electron chi connectivity index (χ4n) is 2.91. The lowest BCUT2D eigenvalue weighted by Crippen LogP contribution is -2.02. The molecule has 0 aliphatic carbocycles. The van der Waals surface area contributed by atoms with Crippen molar-refractivity contribution in [2.75, 3.05) is 7.11 Å². The van der Waals surface area contributed by atoms with E-state index in [0.717, 1.165) is 28.0 Å². The largest absolute Gasteiger partial charge is 0.489 e. The van der Waals surface area contributed by atoms with Crippen LogP contribution in [0.15, 0.2) is 72.8 Å². The van der Waals surface area contributed by atoms with Gasteiger partial charge in [0.1, 0.15) is 12.4 Å². The number of nitrogens with zero attached hydrogens (tertiary/aromatic N) is 1. The first-order chi connectivity index (χ1) is 14.0. The van der Waals surface area contributed by atoms with Gasteiger partial charge in [0.05, 0.1) is 12.0 Å². The minimum absolute atomic E-state index is 0.0662. The molecule has 0 fully saturated rings. The second kappa shape index (κ2) is 9.50. The molecule has 6 heteroatoms. The van der Waals surface area contributed by atoms with Crippen molar-refractivity contribution >= 4 is 11.7 Å². The predicted molar refractivity (Wildman–Crippen MR) is 110 cm³/mol. The highest BCUT2D eigenvalue weighted by molar-refractivity contribution is 5.69. The van der Waals surface area contributed by atoms with Gasteiger partial charge in [-0.25, -0.2) is 0 Å². The molecule has 0 aliphatic rings. The monoisotopic (exact) mass is 391 g/mol. The minimum Gasteiger partial charge on any atom is -0.489 e. The van der Waals surface area contributed by atoms with Crippen LogP contribution < -0.4 is 4.74 Å². The molecular weight excluding hydrogens is 370 g/mol. The maximum atomic E-state index is 11.2. The summed E-state index contributed by atoms with van der Waals surface area (Å²) in [5.74, 6) is 0.501. The molecule has 0 spiro atoms. The lowest BCUT2D eigenvalue weighted by atomic mass is 10.0. The van der Waals surface area contributed by atoms with Crippen LogP contribution in [0.4, 0.5) is 5.69 Å². The molecule has 0 bridgehead atoms. The van der Waals surface area contributed by atoms with E-state index in [0.29, 0.717) is 19.4 Å². The van der Waals surface area contributed by atoms with Crippen LogP contribution in [0.25, 0.3) is 11.1 Å². The number of esters is 1. The van der Waals surface area contributed by atoms with Crippen molar-refractivity contribution in [3.63, 3.8) is 0 Å². The average Bonchev–Trinajstić information content (AvgIpc) is 2.77. The van der Waals surface area contributed by atoms with Crippen LogP contribution in [-0.4, -0.2) is 18.0 Å². The Kier molecular flexibility index (Phi) is 6.58. The summed E-state index contributed by atoms with van der Waals surface area (Å²) in [5, 5.41) is 11.0. The van der Waals surface area contributed by atoms with E-state index >= 15 is 0 Å². The molecular formula is C23H21NO5. The Hall–Kier alpha value is -3.67. The number of nitro benzene ring substituents is 1. The van der Waals surface area contributed by atoms with E-state index in [9.17, 15) is 14.9 Å². The van der Waals surface area contributed by atoms with E-state index in [1.54, 1.807) is 12.1 Å². The van der Waals surface area contributed by atoms with Gasteiger partial charge in [-0.2, -0.15) is 0 Å². The smallest absolute Gasteiger partial charge is 0.305 e. The Bertz CT molecular complexity index is 998. The van der Waals surface area contributed by atoms with E-state index in [1.807, 2.05) is 54.6 Å². The number of benzene rings is 3. The average molecular weight is 391 g/mol. The fourth-order valence-corrected chi connectivity index (χ4v) is 2.91. The Morgan fingerprint density at radius 3 is 2.31 bits per heavy atom. The van der Waals surface area contributed by atoms with Crippen LogP contribution in [0.3, 0.4) is 0 Å². The summed E-state index contributed by atoms with van der Waals surface area (Å²) < 4.78 is 10.5. The third-order valence-electron chi connectivity index (χ3n) is 4.49. The van der Waals surface area contributed by atoms with Crippen LogP contribution in [-0.2, 0) is 22.6 Å². The van der Waals surface area contributed by atoms with Crippen LogP contribution in [0, 0.1) is 10.1 Å². The molecule has 0 unspecified atom stereocenters. The first kappa shape index (κ1) is 20.1. The summed E-state index contributed by atoms with van der Waals surface area (Å²) >= 11 is 0. The number of nitro groups is 1. The molecule has 0 aliphatic heterocycles. The highest BCUT2D eigenvalue weighted by atomic mass is 16.6. The molecule has 0 radical (unpaired) electrons. The first-order valence-corrected chi connectivity index (χ1v) is 9.17.